The highest BCUT2D eigenvalue weighted by Gasteiger charge is 2.16. The molecule has 0 bridgehead atoms. The lowest BCUT2D eigenvalue weighted by atomic mass is 10.1. The molecule has 1 aliphatic rings. The van der Waals surface area contributed by atoms with Crippen LogP contribution in [-0.2, 0) is 22.6 Å². The van der Waals surface area contributed by atoms with Crippen molar-refractivity contribution in [1.29, 1.82) is 0 Å². The van der Waals surface area contributed by atoms with Gasteiger partial charge in [0.15, 0.2) is 4.80 Å². The van der Waals surface area contributed by atoms with Gasteiger partial charge in [-0.25, -0.2) is 9.38 Å². The van der Waals surface area contributed by atoms with Crippen molar-refractivity contribution in [2.24, 2.45) is 4.99 Å². The Labute approximate surface area is 221 Å². The summed E-state index contributed by atoms with van der Waals surface area (Å²) in [6.07, 6.45) is 0.691. The Hall–Kier alpha value is -3.05. The van der Waals surface area contributed by atoms with Crippen LogP contribution in [0.4, 0.5) is 10.1 Å². The van der Waals surface area contributed by atoms with Gasteiger partial charge in [0.25, 0.3) is 0 Å². The van der Waals surface area contributed by atoms with Crippen LogP contribution >= 0.6 is 11.3 Å². The highest BCUT2D eigenvalue weighted by molar-refractivity contribution is 7.07. The third-order valence-corrected chi connectivity index (χ3v) is 6.67. The van der Waals surface area contributed by atoms with Gasteiger partial charge in [0.05, 0.1) is 31.7 Å². The smallest absolute Gasteiger partial charge is 0.207 e. The van der Waals surface area contributed by atoms with Crippen LogP contribution < -0.4 is 20.2 Å². The van der Waals surface area contributed by atoms with Crippen LogP contribution in [0.3, 0.4) is 0 Å². The van der Waals surface area contributed by atoms with E-state index in [1.165, 1.54) is 17.4 Å². The highest BCUT2D eigenvalue weighted by atomic mass is 32.1. The first-order valence-corrected chi connectivity index (χ1v) is 13.1. The summed E-state index contributed by atoms with van der Waals surface area (Å²) < 4.78 is 26.9. The van der Waals surface area contributed by atoms with E-state index in [9.17, 15) is 9.18 Å². The molecule has 0 spiro atoms. The molecular formula is C27H36FN5O3S. The molecule has 2 heterocycles. The molecule has 0 radical (unpaired) electrons. The Bertz CT molecular complexity index is 1220. The molecule has 4 rings (SSSR count). The van der Waals surface area contributed by atoms with Gasteiger partial charge in [-0.2, -0.15) is 0 Å². The maximum atomic E-state index is 13.7. The molecule has 1 saturated heterocycles. The number of thiazole rings is 1. The van der Waals surface area contributed by atoms with Gasteiger partial charge in [0, 0.05) is 49.2 Å². The molecule has 2 N–H and O–H groups in total. The Morgan fingerprint density at radius 1 is 1.19 bits per heavy atom. The van der Waals surface area contributed by atoms with E-state index >= 15 is 0 Å². The van der Waals surface area contributed by atoms with Gasteiger partial charge in [-0.15, -0.1) is 11.3 Å². The number of carbonyl (C=O) groups is 1. The van der Waals surface area contributed by atoms with Crippen LogP contribution in [0.1, 0.15) is 11.1 Å². The summed E-state index contributed by atoms with van der Waals surface area (Å²) in [5.74, 6) is 0.582. The van der Waals surface area contributed by atoms with E-state index < -0.39 is 0 Å². The second-order valence-electron chi connectivity index (χ2n) is 8.59. The van der Waals surface area contributed by atoms with Gasteiger partial charge in [-0.3, -0.25) is 9.69 Å². The average Bonchev–Trinajstić information content (AvgIpc) is 3.30. The normalized spacial score (nSPS) is 14.1. The zero-order valence-corrected chi connectivity index (χ0v) is 22.7. The van der Waals surface area contributed by atoms with Crippen LogP contribution in [0, 0.1) is 12.7 Å². The Morgan fingerprint density at radius 2 is 1.95 bits per heavy atom. The lowest BCUT2D eigenvalue weighted by molar-refractivity contribution is -0.109. The van der Waals surface area contributed by atoms with E-state index in [4.69, 9.17) is 14.5 Å². The number of rotatable bonds is 9. The van der Waals surface area contributed by atoms with Gasteiger partial charge in [0.1, 0.15) is 11.6 Å². The molecular weight excluding hydrogens is 493 g/mol. The largest absolute Gasteiger partial charge is 0.496 e. The van der Waals surface area contributed by atoms with Crippen molar-refractivity contribution in [3.63, 3.8) is 0 Å². The number of methoxy groups -OCH3 is 1. The topological polar surface area (TPSA) is 80.1 Å². The van der Waals surface area contributed by atoms with Crippen molar-refractivity contribution in [3.05, 3.63) is 63.5 Å². The molecule has 37 heavy (non-hydrogen) atoms. The van der Waals surface area contributed by atoms with Crippen molar-refractivity contribution in [2.75, 3.05) is 54.1 Å². The number of nitrogens with zero attached hydrogens (tertiary/aromatic N) is 3. The molecule has 200 valence electrons. The number of morpholine rings is 1. The van der Waals surface area contributed by atoms with Crippen molar-refractivity contribution < 1.29 is 18.7 Å². The Balaban J connectivity index is 0.00000121. The van der Waals surface area contributed by atoms with E-state index in [-0.39, 0.29) is 5.82 Å². The second-order valence-corrected chi connectivity index (χ2v) is 9.42. The molecule has 8 nitrogen and oxygen atoms in total. The molecule has 0 saturated carbocycles. The number of ether oxygens (including phenoxy) is 2. The highest BCUT2D eigenvalue weighted by Crippen LogP contribution is 2.29. The van der Waals surface area contributed by atoms with E-state index in [0.717, 1.165) is 60.2 Å². The van der Waals surface area contributed by atoms with E-state index in [0.29, 0.717) is 30.8 Å². The molecule has 1 aromatic heterocycles. The van der Waals surface area contributed by atoms with Crippen molar-refractivity contribution >= 4 is 23.4 Å². The summed E-state index contributed by atoms with van der Waals surface area (Å²) in [7, 11) is 5.44. The quantitative estimate of drug-likeness (QED) is 0.328. The maximum absolute atomic E-state index is 13.7. The number of halogens is 1. The summed E-state index contributed by atoms with van der Waals surface area (Å²) in [5, 5.41) is 7.52. The zero-order chi connectivity index (χ0) is 26.6. The number of hydrogen-bond acceptors (Lipinski definition) is 7. The van der Waals surface area contributed by atoms with Gasteiger partial charge < -0.3 is 24.7 Å². The number of nitrogens with one attached hydrogen (secondary N) is 2. The lowest BCUT2D eigenvalue weighted by Crippen LogP contribution is -2.35. The molecule has 0 aliphatic carbocycles. The number of aryl methyl sites for hydroxylation is 1. The lowest BCUT2D eigenvalue weighted by Gasteiger charge is -2.27. The third kappa shape index (κ3) is 7.96. The van der Waals surface area contributed by atoms with Crippen molar-refractivity contribution in [1.82, 2.24) is 20.1 Å². The predicted octanol–water partition coefficient (Wildman–Crippen LogP) is 3.32. The van der Waals surface area contributed by atoms with E-state index in [1.54, 1.807) is 26.2 Å². The van der Waals surface area contributed by atoms with Gasteiger partial charge in [-0.05, 0) is 50.8 Å². The number of carbonyl (C=O) groups excluding carboxylic acids is 1. The standard InChI is InChI=1S/C25H29FN4O3S.C2H7N/c1-18-13-21(5-6-22(18)26)28-25-30(8-7-27-17-31)23(16-34-25)19-3-4-20(24(14-19)32-2)15-29-9-11-33-12-10-29;1-3-2/h3-6,13-14,16-17H,7-12,15H2,1-2H3,(H,27,31);3H,1-2H3. The number of benzene rings is 2. The minimum absolute atomic E-state index is 0.252. The predicted molar refractivity (Wildman–Crippen MR) is 146 cm³/mol. The summed E-state index contributed by atoms with van der Waals surface area (Å²) in [4.78, 5) is 18.7. The maximum Gasteiger partial charge on any atom is 0.207 e. The summed E-state index contributed by atoms with van der Waals surface area (Å²) >= 11 is 1.50. The Morgan fingerprint density at radius 3 is 2.62 bits per heavy atom. The fourth-order valence-corrected chi connectivity index (χ4v) is 4.90. The van der Waals surface area contributed by atoms with Gasteiger partial charge in [0.2, 0.25) is 6.41 Å². The molecule has 10 heteroatoms. The van der Waals surface area contributed by atoms with Crippen LogP contribution in [0.5, 0.6) is 5.75 Å². The van der Waals surface area contributed by atoms with Crippen LogP contribution in [0.2, 0.25) is 0 Å². The first kappa shape index (κ1) is 28.5. The zero-order valence-electron chi connectivity index (χ0n) is 21.9. The molecule has 1 aliphatic heterocycles. The number of hydrogen-bond donors (Lipinski definition) is 2. The first-order valence-electron chi connectivity index (χ1n) is 12.2. The fraction of sp³-hybridized carbons (Fsp3) is 0.407. The summed E-state index contributed by atoms with van der Waals surface area (Å²) in [5.41, 5.74) is 4.34. The molecule has 0 atom stereocenters. The number of amides is 1. The summed E-state index contributed by atoms with van der Waals surface area (Å²) in [6, 6.07) is 11.1. The van der Waals surface area contributed by atoms with Crippen molar-refractivity contribution in [2.45, 2.75) is 20.0 Å². The molecule has 2 aromatic carbocycles. The SMILES string of the molecule is CNC.COc1cc(-c2csc(=Nc3ccc(F)c(C)c3)n2CCNC=O)ccc1CN1CCOCC1. The van der Waals surface area contributed by atoms with Crippen molar-refractivity contribution in [3.8, 4) is 17.0 Å². The van der Waals surface area contributed by atoms with Crippen LogP contribution in [0.15, 0.2) is 46.8 Å². The Kier molecular flexibility index (Phi) is 11.3. The van der Waals surface area contributed by atoms with E-state index in [2.05, 4.69) is 32.2 Å². The van der Waals surface area contributed by atoms with Crippen LogP contribution in [-0.4, -0.2) is 69.9 Å². The molecule has 3 aromatic rings. The van der Waals surface area contributed by atoms with Crippen LogP contribution in [0.25, 0.3) is 11.3 Å². The third-order valence-electron chi connectivity index (χ3n) is 5.81. The van der Waals surface area contributed by atoms with E-state index in [1.807, 2.05) is 25.5 Å². The summed E-state index contributed by atoms with van der Waals surface area (Å²) in [6.45, 7) is 6.88. The first-order chi connectivity index (χ1) is 18.0. The molecule has 1 fully saturated rings. The fourth-order valence-electron chi connectivity index (χ4n) is 3.94. The number of aromatic nitrogens is 1. The second kappa shape index (κ2) is 14.6. The minimum Gasteiger partial charge on any atom is -0.496 e. The average molecular weight is 530 g/mol. The minimum atomic E-state index is -0.252. The molecule has 0 unspecified atom stereocenters. The van der Waals surface area contributed by atoms with Gasteiger partial charge in [-0.1, -0.05) is 12.1 Å². The molecule has 1 amide bonds. The monoisotopic (exact) mass is 529 g/mol. The van der Waals surface area contributed by atoms with Gasteiger partial charge >= 0.3 is 0 Å².